The lowest BCUT2D eigenvalue weighted by Gasteiger charge is -2.08. The Bertz CT molecular complexity index is 687. The topological polar surface area (TPSA) is 84.0 Å². The smallest absolute Gasteiger partial charge is 0.264 e. The number of anilines is 2. The minimum absolute atomic E-state index is 0.00988. The Labute approximate surface area is 122 Å². The molecule has 0 aliphatic rings. The summed E-state index contributed by atoms with van der Waals surface area (Å²) in [6.45, 7) is 2.78. The molecule has 2 heterocycles. The van der Waals surface area contributed by atoms with Crippen LogP contribution in [0.15, 0.2) is 41.6 Å². The normalized spacial score (nSPS) is 11.1. The number of nitrogens with one attached hydrogen (secondary N) is 2. The summed E-state index contributed by atoms with van der Waals surface area (Å²) in [5.74, 6) is 0.117. The van der Waals surface area contributed by atoms with Gasteiger partial charge in [-0.25, -0.2) is 22.8 Å². The monoisotopic (exact) mass is 310 g/mol. The Morgan fingerprint density at radius 1 is 1.10 bits per heavy atom. The van der Waals surface area contributed by atoms with E-state index in [2.05, 4.69) is 20.0 Å². The van der Waals surface area contributed by atoms with Gasteiger partial charge in [-0.1, -0.05) is 6.92 Å². The molecule has 0 unspecified atom stereocenters. The number of sulfonamides is 1. The zero-order chi connectivity index (χ0) is 15.3. The Balaban J connectivity index is 2.13. The van der Waals surface area contributed by atoms with E-state index in [4.69, 9.17) is 0 Å². The van der Waals surface area contributed by atoms with Crippen LogP contribution in [0.1, 0.15) is 13.3 Å². The third-order valence-electron chi connectivity index (χ3n) is 2.57. The van der Waals surface area contributed by atoms with Gasteiger partial charge in [0.2, 0.25) is 0 Å². The van der Waals surface area contributed by atoms with E-state index in [1.807, 2.05) is 6.92 Å². The van der Waals surface area contributed by atoms with Gasteiger partial charge in [-0.15, -0.1) is 0 Å². The maximum absolute atomic E-state index is 12.7. The molecule has 2 aromatic rings. The fourth-order valence-corrected chi connectivity index (χ4v) is 2.48. The zero-order valence-corrected chi connectivity index (χ0v) is 12.2. The van der Waals surface area contributed by atoms with Gasteiger partial charge in [-0.05, 0) is 30.7 Å². The van der Waals surface area contributed by atoms with Gasteiger partial charge in [0.25, 0.3) is 10.0 Å². The zero-order valence-electron chi connectivity index (χ0n) is 11.4. The van der Waals surface area contributed by atoms with Crippen LogP contribution in [0.2, 0.25) is 0 Å². The first kappa shape index (κ1) is 15.2. The summed E-state index contributed by atoms with van der Waals surface area (Å²) in [6, 6.07) is 5.40. The van der Waals surface area contributed by atoms with Crippen LogP contribution >= 0.6 is 0 Å². The number of pyridine rings is 2. The molecule has 21 heavy (non-hydrogen) atoms. The molecule has 0 aliphatic carbocycles. The van der Waals surface area contributed by atoms with Gasteiger partial charge in [-0.3, -0.25) is 4.72 Å². The second-order valence-corrected chi connectivity index (χ2v) is 5.96. The summed E-state index contributed by atoms with van der Waals surface area (Å²) in [5.41, 5.74) is 0. The lowest BCUT2D eigenvalue weighted by molar-refractivity contribution is 0.600. The van der Waals surface area contributed by atoms with E-state index in [1.165, 1.54) is 18.3 Å². The van der Waals surface area contributed by atoms with Gasteiger partial charge in [0.05, 0.1) is 6.20 Å². The average molecular weight is 310 g/mol. The van der Waals surface area contributed by atoms with Crippen molar-refractivity contribution in [3.8, 4) is 0 Å². The Morgan fingerprint density at radius 2 is 1.81 bits per heavy atom. The summed E-state index contributed by atoms with van der Waals surface area (Å²) in [5, 5.41) is 3.05. The van der Waals surface area contributed by atoms with Crippen molar-refractivity contribution in [2.24, 2.45) is 0 Å². The third-order valence-corrected chi connectivity index (χ3v) is 3.91. The minimum Gasteiger partial charge on any atom is -0.370 e. The fourth-order valence-electron chi connectivity index (χ4n) is 1.53. The molecule has 8 heteroatoms. The van der Waals surface area contributed by atoms with Crippen molar-refractivity contribution >= 4 is 21.7 Å². The molecule has 2 aromatic heterocycles. The molecule has 0 amide bonds. The van der Waals surface area contributed by atoms with Crippen molar-refractivity contribution < 1.29 is 12.8 Å². The van der Waals surface area contributed by atoms with Crippen LogP contribution in [0, 0.1) is 5.82 Å². The molecule has 0 aliphatic heterocycles. The summed E-state index contributed by atoms with van der Waals surface area (Å²) < 4.78 is 39.2. The minimum atomic E-state index is -3.79. The first-order valence-electron chi connectivity index (χ1n) is 6.35. The molecule has 112 valence electrons. The van der Waals surface area contributed by atoms with Crippen LogP contribution in [0.5, 0.6) is 0 Å². The lowest BCUT2D eigenvalue weighted by Crippen LogP contribution is -2.14. The summed E-state index contributed by atoms with van der Waals surface area (Å²) in [6.07, 6.45) is 3.14. The van der Waals surface area contributed by atoms with E-state index in [1.54, 1.807) is 6.07 Å². The predicted octanol–water partition coefficient (Wildman–Crippen LogP) is 2.24. The second-order valence-electron chi connectivity index (χ2n) is 4.27. The maximum Gasteiger partial charge on any atom is 0.264 e. The molecule has 0 radical (unpaired) electrons. The van der Waals surface area contributed by atoms with E-state index in [9.17, 15) is 12.8 Å². The standard InChI is InChI=1S/C13H15FN4O2S/c1-2-7-15-12-6-4-11(9-17-12)21(19,20)18-13-5-3-10(14)8-16-13/h3-6,8-9H,2,7H2,1H3,(H,15,17)(H,16,18). The van der Waals surface area contributed by atoms with Crippen LogP contribution in [0.3, 0.4) is 0 Å². The van der Waals surface area contributed by atoms with Crippen LogP contribution in [0.25, 0.3) is 0 Å². The predicted molar refractivity (Wildman–Crippen MR) is 78.0 cm³/mol. The number of hydrogen-bond donors (Lipinski definition) is 2. The number of rotatable bonds is 6. The van der Waals surface area contributed by atoms with Gasteiger partial charge >= 0.3 is 0 Å². The third kappa shape index (κ3) is 4.12. The summed E-state index contributed by atoms with van der Waals surface area (Å²) in [7, 11) is -3.79. The van der Waals surface area contributed by atoms with E-state index in [-0.39, 0.29) is 10.7 Å². The fraction of sp³-hybridized carbons (Fsp3) is 0.231. The van der Waals surface area contributed by atoms with E-state index < -0.39 is 15.8 Å². The molecular formula is C13H15FN4O2S. The molecule has 0 fully saturated rings. The number of hydrogen-bond acceptors (Lipinski definition) is 5. The van der Waals surface area contributed by atoms with Crippen LogP contribution in [-0.2, 0) is 10.0 Å². The maximum atomic E-state index is 12.7. The molecule has 6 nitrogen and oxygen atoms in total. The highest BCUT2D eigenvalue weighted by atomic mass is 32.2. The van der Waals surface area contributed by atoms with Crippen molar-refractivity contribution in [1.82, 2.24) is 9.97 Å². The summed E-state index contributed by atoms with van der Waals surface area (Å²) in [4.78, 5) is 7.69. The van der Waals surface area contributed by atoms with Crippen molar-refractivity contribution in [3.05, 3.63) is 42.5 Å². The molecule has 0 atom stereocenters. The summed E-state index contributed by atoms with van der Waals surface area (Å²) >= 11 is 0. The van der Waals surface area contributed by atoms with Gasteiger partial charge in [0, 0.05) is 12.7 Å². The molecule has 2 N–H and O–H groups in total. The van der Waals surface area contributed by atoms with E-state index >= 15 is 0 Å². The Hall–Kier alpha value is -2.22. The highest BCUT2D eigenvalue weighted by Gasteiger charge is 2.15. The molecule has 0 spiro atoms. The van der Waals surface area contributed by atoms with Crippen LogP contribution in [0.4, 0.5) is 16.0 Å². The Kier molecular flexibility index (Phi) is 4.69. The number of aromatic nitrogens is 2. The van der Waals surface area contributed by atoms with Crippen molar-refractivity contribution in [1.29, 1.82) is 0 Å². The van der Waals surface area contributed by atoms with Gasteiger partial charge < -0.3 is 5.32 Å². The highest BCUT2D eigenvalue weighted by molar-refractivity contribution is 7.92. The highest BCUT2D eigenvalue weighted by Crippen LogP contribution is 2.15. The van der Waals surface area contributed by atoms with E-state index in [0.717, 1.165) is 25.2 Å². The number of halogens is 1. The quantitative estimate of drug-likeness (QED) is 0.855. The van der Waals surface area contributed by atoms with Crippen LogP contribution in [-0.4, -0.2) is 24.9 Å². The van der Waals surface area contributed by atoms with Gasteiger partial charge in [-0.2, -0.15) is 0 Å². The molecule has 0 bridgehead atoms. The average Bonchev–Trinajstić information content (AvgIpc) is 2.48. The van der Waals surface area contributed by atoms with Gasteiger partial charge in [0.1, 0.15) is 22.3 Å². The molecule has 2 rings (SSSR count). The van der Waals surface area contributed by atoms with Crippen molar-refractivity contribution in [3.63, 3.8) is 0 Å². The van der Waals surface area contributed by atoms with E-state index in [0.29, 0.717) is 5.82 Å². The van der Waals surface area contributed by atoms with Crippen molar-refractivity contribution in [2.45, 2.75) is 18.2 Å². The van der Waals surface area contributed by atoms with Crippen molar-refractivity contribution in [2.75, 3.05) is 16.6 Å². The first-order chi connectivity index (χ1) is 10.0. The SMILES string of the molecule is CCCNc1ccc(S(=O)(=O)Nc2ccc(F)cn2)cn1. The molecule has 0 aromatic carbocycles. The molecule has 0 saturated carbocycles. The lowest BCUT2D eigenvalue weighted by atomic mass is 10.4. The second kappa shape index (κ2) is 6.49. The van der Waals surface area contributed by atoms with Crippen LogP contribution < -0.4 is 10.0 Å². The molecular weight excluding hydrogens is 295 g/mol. The van der Waals surface area contributed by atoms with Gasteiger partial charge in [0.15, 0.2) is 0 Å². The largest absolute Gasteiger partial charge is 0.370 e. The number of nitrogens with zero attached hydrogens (tertiary/aromatic N) is 2. The first-order valence-corrected chi connectivity index (χ1v) is 7.84. The molecule has 0 saturated heterocycles. The Morgan fingerprint density at radius 3 is 2.38 bits per heavy atom.